The van der Waals surface area contributed by atoms with Crippen LogP contribution in [0.15, 0.2) is 77.1 Å². The molecule has 2 aromatic rings. The highest BCUT2D eigenvalue weighted by atomic mass is 16.5. The van der Waals surface area contributed by atoms with E-state index >= 15 is 0 Å². The van der Waals surface area contributed by atoms with Gasteiger partial charge in [0.05, 0.1) is 0 Å². The number of ketones is 2. The summed E-state index contributed by atoms with van der Waals surface area (Å²) in [5.41, 5.74) is 4.15. The number of carbonyl (C=O) groups excluding carboxylic acids is 3. The van der Waals surface area contributed by atoms with Crippen LogP contribution in [0.4, 0.5) is 0 Å². The molecule has 6 nitrogen and oxygen atoms in total. The van der Waals surface area contributed by atoms with Crippen LogP contribution in [0, 0.1) is 10.8 Å². The van der Waals surface area contributed by atoms with Crippen LogP contribution in [-0.4, -0.2) is 29.0 Å². The number of hydrogen-bond acceptors (Lipinski definition) is 6. The van der Waals surface area contributed by atoms with E-state index in [9.17, 15) is 19.5 Å². The highest BCUT2D eigenvalue weighted by molar-refractivity contribution is 6.07. The first kappa shape index (κ1) is 26.9. The Balaban J connectivity index is 1.68. The molecule has 0 N–H and O–H groups in total. The summed E-state index contributed by atoms with van der Waals surface area (Å²) in [6, 6.07) is 17.6. The van der Waals surface area contributed by atoms with Crippen LogP contribution in [0.1, 0.15) is 76.8 Å². The Bertz CT molecular complexity index is 1330. The molecular weight excluding hydrogens is 490 g/mol. The lowest BCUT2D eigenvalue weighted by molar-refractivity contribution is -0.305. The topological polar surface area (TPSA) is 86.7 Å². The number of nitrogens with zero attached hydrogens (tertiary/aromatic N) is 1. The quantitative estimate of drug-likeness (QED) is 0.500. The van der Waals surface area contributed by atoms with Crippen LogP contribution in [0.25, 0.3) is 0 Å². The number of allylic oxidation sites excluding steroid dienone is 4. The molecule has 0 spiro atoms. The molecule has 2 aromatic carbocycles. The van der Waals surface area contributed by atoms with Crippen LogP contribution in [-0.2, 0) is 21.0 Å². The van der Waals surface area contributed by atoms with E-state index in [2.05, 4.69) is 27.7 Å². The lowest BCUT2D eigenvalue weighted by atomic mass is 9.63. The Morgan fingerprint density at radius 2 is 1.38 bits per heavy atom. The third-order valence-electron chi connectivity index (χ3n) is 8.03. The summed E-state index contributed by atoms with van der Waals surface area (Å²) in [7, 11) is 0. The first-order valence-corrected chi connectivity index (χ1v) is 13.7. The molecule has 2 aliphatic carbocycles. The van der Waals surface area contributed by atoms with E-state index in [1.54, 1.807) is 0 Å². The van der Waals surface area contributed by atoms with Crippen LogP contribution in [0.5, 0.6) is 5.75 Å². The highest BCUT2D eigenvalue weighted by Crippen LogP contribution is 2.55. The number of carboxylic acids is 1. The second kappa shape index (κ2) is 10.1. The number of para-hydroxylation sites is 1. The molecule has 5 rings (SSSR count). The zero-order valence-electron chi connectivity index (χ0n) is 23.2. The first-order chi connectivity index (χ1) is 18.5. The van der Waals surface area contributed by atoms with E-state index in [1.165, 1.54) is 0 Å². The minimum atomic E-state index is -1.15. The minimum Gasteiger partial charge on any atom is -0.550 e. The van der Waals surface area contributed by atoms with Crippen LogP contribution in [0.2, 0.25) is 0 Å². The second-order valence-electron chi connectivity index (χ2n) is 12.6. The fourth-order valence-corrected chi connectivity index (χ4v) is 6.42. The minimum absolute atomic E-state index is 0.00625. The van der Waals surface area contributed by atoms with Crippen molar-refractivity contribution in [1.82, 2.24) is 4.90 Å². The molecule has 0 unspecified atom stereocenters. The molecule has 1 aliphatic heterocycles. The maximum atomic E-state index is 13.9. The molecular formula is C33H36NO5-. The predicted molar refractivity (Wildman–Crippen MR) is 146 cm³/mol. The van der Waals surface area contributed by atoms with E-state index in [0.29, 0.717) is 49.2 Å². The van der Waals surface area contributed by atoms with Crippen LogP contribution >= 0.6 is 0 Å². The van der Waals surface area contributed by atoms with Crippen molar-refractivity contribution in [3.8, 4) is 5.75 Å². The van der Waals surface area contributed by atoms with Gasteiger partial charge in [0.1, 0.15) is 12.4 Å². The molecule has 39 heavy (non-hydrogen) atoms. The van der Waals surface area contributed by atoms with Gasteiger partial charge >= 0.3 is 0 Å². The normalized spacial score (nSPS) is 20.6. The molecule has 6 heteroatoms. The van der Waals surface area contributed by atoms with Gasteiger partial charge in [0, 0.05) is 65.8 Å². The van der Waals surface area contributed by atoms with Gasteiger partial charge in [-0.15, -0.1) is 0 Å². The fourth-order valence-electron chi connectivity index (χ4n) is 6.42. The second-order valence-corrected chi connectivity index (χ2v) is 12.6. The van der Waals surface area contributed by atoms with Gasteiger partial charge in [-0.3, -0.25) is 9.59 Å². The third-order valence-corrected chi connectivity index (χ3v) is 8.03. The molecule has 0 amide bonds. The van der Waals surface area contributed by atoms with Gasteiger partial charge in [0.2, 0.25) is 0 Å². The Morgan fingerprint density at radius 3 is 1.95 bits per heavy atom. The molecule has 204 valence electrons. The van der Waals surface area contributed by atoms with Crippen LogP contribution in [0.3, 0.4) is 0 Å². The van der Waals surface area contributed by atoms with Gasteiger partial charge in [0.25, 0.3) is 0 Å². The van der Waals surface area contributed by atoms with Crippen molar-refractivity contribution < 1.29 is 24.2 Å². The van der Waals surface area contributed by atoms with Crippen molar-refractivity contribution in [1.29, 1.82) is 0 Å². The molecule has 0 atom stereocenters. The smallest absolute Gasteiger partial charge is 0.162 e. The van der Waals surface area contributed by atoms with Gasteiger partial charge in [-0.25, -0.2) is 0 Å². The van der Waals surface area contributed by atoms with E-state index < -0.39 is 11.9 Å². The largest absolute Gasteiger partial charge is 0.550 e. The van der Waals surface area contributed by atoms with E-state index in [4.69, 9.17) is 4.74 Å². The number of Topliss-reactive ketones (excluding diaryl/α,β-unsaturated/α-hetero) is 2. The average Bonchev–Trinajstić information content (AvgIpc) is 2.85. The van der Waals surface area contributed by atoms with Gasteiger partial charge in [-0.1, -0.05) is 76.2 Å². The Labute approximate surface area is 230 Å². The summed E-state index contributed by atoms with van der Waals surface area (Å²) in [6.07, 6.45) is 1.79. The van der Waals surface area contributed by atoms with Crippen molar-refractivity contribution in [3.05, 3.63) is 88.3 Å². The Morgan fingerprint density at radius 1 is 0.846 bits per heavy atom. The summed E-state index contributed by atoms with van der Waals surface area (Å²) < 4.78 is 6.33. The molecule has 0 bridgehead atoms. The molecule has 3 aliphatic rings. The van der Waals surface area contributed by atoms with E-state index in [1.807, 2.05) is 59.5 Å². The molecule has 0 saturated carbocycles. The lowest BCUT2D eigenvalue weighted by Crippen LogP contribution is -2.45. The van der Waals surface area contributed by atoms with Crippen molar-refractivity contribution in [2.45, 2.75) is 72.3 Å². The molecule has 0 radical (unpaired) electrons. The number of carboxylic acid groups (broad SMARTS) is 1. The van der Waals surface area contributed by atoms with Crippen molar-refractivity contribution >= 4 is 17.5 Å². The number of hydrogen-bond donors (Lipinski definition) is 0. The van der Waals surface area contributed by atoms with Gasteiger partial charge in [-0.2, -0.15) is 0 Å². The summed E-state index contributed by atoms with van der Waals surface area (Å²) in [5, 5.41) is 11.5. The predicted octanol–water partition coefficient (Wildman–Crippen LogP) is 5.09. The molecule has 1 heterocycles. The number of aliphatic carboxylic acids is 1. The van der Waals surface area contributed by atoms with Gasteiger partial charge in [0.15, 0.2) is 11.6 Å². The maximum absolute atomic E-state index is 13.9. The summed E-state index contributed by atoms with van der Waals surface area (Å²) in [4.78, 5) is 41.4. The average molecular weight is 527 g/mol. The van der Waals surface area contributed by atoms with E-state index in [0.717, 1.165) is 22.5 Å². The number of carbonyl (C=O) groups is 3. The summed E-state index contributed by atoms with van der Waals surface area (Å²) in [5.74, 6) is -1.04. The lowest BCUT2D eigenvalue weighted by Gasteiger charge is -2.49. The molecule has 0 aromatic heterocycles. The van der Waals surface area contributed by atoms with Crippen molar-refractivity contribution in [2.24, 2.45) is 10.8 Å². The standard InChI is InChI=1S/C33H37NO5/c1-32(2)16-23-30(25(35)18-32)29(22-12-8-9-13-27(22)39-20-21-10-6-5-7-11-21)31-24(34(23)15-14-28(37)38)17-33(3,4)19-26(31)36/h5-13,29H,14-20H2,1-4H3,(H,37,38)/p-1. The SMILES string of the molecule is CC1(C)CC(=O)C2=C(C1)N(CCC(=O)[O-])C1=C(C(=O)CC(C)(C)C1)C2c1ccccc1OCc1ccccc1. The zero-order valence-corrected chi connectivity index (χ0v) is 23.2. The molecule has 0 saturated heterocycles. The summed E-state index contributed by atoms with van der Waals surface area (Å²) >= 11 is 0. The number of ether oxygens (including phenoxy) is 1. The fraction of sp³-hybridized carbons (Fsp3) is 0.424. The monoisotopic (exact) mass is 526 g/mol. The Hall–Kier alpha value is -3.67. The Kier molecular flexibility index (Phi) is 7.00. The van der Waals surface area contributed by atoms with Gasteiger partial charge in [-0.05, 0) is 35.3 Å². The van der Waals surface area contributed by atoms with E-state index in [-0.39, 0.29) is 35.4 Å². The number of rotatable bonds is 7. The number of benzene rings is 2. The van der Waals surface area contributed by atoms with Crippen molar-refractivity contribution in [2.75, 3.05) is 6.54 Å². The zero-order chi connectivity index (χ0) is 27.9. The summed E-state index contributed by atoms with van der Waals surface area (Å²) in [6.45, 7) is 8.80. The van der Waals surface area contributed by atoms with Crippen molar-refractivity contribution in [3.63, 3.8) is 0 Å². The van der Waals surface area contributed by atoms with Gasteiger partial charge < -0.3 is 19.5 Å². The maximum Gasteiger partial charge on any atom is 0.162 e. The highest BCUT2D eigenvalue weighted by Gasteiger charge is 2.49. The molecule has 0 fully saturated rings. The van der Waals surface area contributed by atoms with Crippen LogP contribution < -0.4 is 9.84 Å². The first-order valence-electron chi connectivity index (χ1n) is 13.7. The third kappa shape index (κ3) is 5.42.